The molecule has 8 amide bonds. The molecule has 25 heteroatoms. The molecule has 1 aromatic carbocycles. The fraction of sp³-hybridized carbons (Fsp3) is 0.571. The Labute approximate surface area is 343 Å². The van der Waals surface area contributed by atoms with Gasteiger partial charge in [-0.3, -0.25) is 38.4 Å². The van der Waals surface area contributed by atoms with Gasteiger partial charge in [0.1, 0.15) is 42.0 Å². The lowest BCUT2D eigenvalue weighted by atomic mass is 10.0. The number of aliphatic carboxylic acids is 1. The third-order valence-corrected chi connectivity index (χ3v) is 8.51. The molecule has 1 aromatic rings. The van der Waals surface area contributed by atoms with Gasteiger partial charge in [-0.1, -0.05) is 12.1 Å². The Morgan fingerprint density at radius 1 is 0.533 bits per heavy atom. The summed E-state index contributed by atoms with van der Waals surface area (Å²) in [6.45, 7) is 4.53. The van der Waals surface area contributed by atoms with Crippen molar-refractivity contribution in [2.24, 2.45) is 11.5 Å². The zero-order valence-electron chi connectivity index (χ0n) is 33.3. The van der Waals surface area contributed by atoms with E-state index in [9.17, 15) is 78.9 Å². The molecular formula is C35H55N9O16. The molecular weight excluding hydrogens is 802 g/mol. The highest BCUT2D eigenvalue weighted by Crippen LogP contribution is 2.13. The summed E-state index contributed by atoms with van der Waals surface area (Å²) in [6.07, 6.45) is -8.10. The van der Waals surface area contributed by atoms with E-state index in [0.717, 1.165) is 27.7 Å². The van der Waals surface area contributed by atoms with E-state index < -0.39 is 139 Å². The molecule has 0 aliphatic rings. The minimum absolute atomic E-state index is 0.152. The predicted octanol–water partition coefficient (Wildman–Crippen LogP) is -7.85. The van der Waals surface area contributed by atoms with E-state index in [-0.39, 0.29) is 12.2 Å². The smallest absolute Gasteiger partial charge is 0.328 e. The van der Waals surface area contributed by atoms with Gasteiger partial charge < -0.3 is 84.4 Å². The summed E-state index contributed by atoms with van der Waals surface area (Å²) in [4.78, 5) is 115. The third kappa shape index (κ3) is 16.7. The Morgan fingerprint density at radius 3 is 1.27 bits per heavy atom. The zero-order valence-corrected chi connectivity index (χ0v) is 33.3. The van der Waals surface area contributed by atoms with Crippen LogP contribution in [0, 0.1) is 0 Å². The minimum Gasteiger partial charge on any atom is -0.508 e. The second-order valence-electron chi connectivity index (χ2n) is 13.9. The quantitative estimate of drug-likeness (QED) is 0.0459. The number of aliphatic hydroxyl groups is 5. The molecule has 0 saturated heterocycles. The first kappa shape index (κ1) is 52.0. The molecule has 12 atom stereocenters. The van der Waals surface area contributed by atoms with Gasteiger partial charge in [0, 0.05) is 6.42 Å². The molecule has 0 fully saturated rings. The lowest BCUT2D eigenvalue weighted by Gasteiger charge is -2.29. The molecule has 0 heterocycles. The van der Waals surface area contributed by atoms with Crippen LogP contribution in [0.25, 0.3) is 0 Å². The molecule has 1 rings (SSSR count). The summed E-state index contributed by atoms with van der Waals surface area (Å²) in [5, 5.41) is 84.5. The maximum Gasteiger partial charge on any atom is 0.328 e. The summed E-state index contributed by atoms with van der Waals surface area (Å²) in [6, 6.07) is -8.69. The highest BCUT2D eigenvalue weighted by atomic mass is 16.4. The predicted molar refractivity (Wildman–Crippen MR) is 204 cm³/mol. The second kappa shape index (κ2) is 24.2. The van der Waals surface area contributed by atoms with E-state index in [1.54, 1.807) is 0 Å². The van der Waals surface area contributed by atoms with E-state index in [4.69, 9.17) is 11.5 Å². The first-order chi connectivity index (χ1) is 27.8. The molecule has 18 N–H and O–H groups in total. The molecule has 0 bridgehead atoms. The number of carbonyl (C=O) groups is 9. The van der Waals surface area contributed by atoms with Crippen LogP contribution in [0.2, 0.25) is 0 Å². The van der Waals surface area contributed by atoms with E-state index in [1.807, 2.05) is 0 Å². The van der Waals surface area contributed by atoms with E-state index in [1.165, 1.54) is 31.2 Å². The van der Waals surface area contributed by atoms with Crippen LogP contribution in [0.3, 0.4) is 0 Å². The summed E-state index contributed by atoms with van der Waals surface area (Å²) in [7, 11) is 0. The van der Waals surface area contributed by atoms with Crippen molar-refractivity contribution in [2.75, 3.05) is 6.61 Å². The van der Waals surface area contributed by atoms with Crippen LogP contribution < -0.4 is 48.7 Å². The fourth-order valence-electron chi connectivity index (χ4n) is 5.12. The lowest BCUT2D eigenvalue weighted by Crippen LogP contribution is -2.64. The highest BCUT2D eigenvalue weighted by molar-refractivity contribution is 5.99. The number of hydrogen-bond donors (Lipinski definition) is 16. The number of benzene rings is 1. The van der Waals surface area contributed by atoms with Crippen LogP contribution >= 0.6 is 0 Å². The standard InChI is InChI=1S/C35H55N9O16/c1-13(36)28(52)40-22(12-45)31(55)41-25(15(3)47)33(57)43-26(16(4)48)34(58)42-24(14(2)46)32(56)39-21(11-23(37)51)29(53)38-20(10-18-6-8-19(50)9-7-18)30(54)44-27(17(5)49)35(59)60/h6-9,13-17,20-22,24-27,45-50H,10-12,36H2,1-5H3,(H2,37,51)(H,38,53)(H,39,56)(H,40,52)(H,41,55)(H,42,58)(H,43,57)(H,44,54)(H,59,60)/t13-,14-,15-,16-,17-,20+,21+,22+,24+,25?,26+,27+/m1/s1. The summed E-state index contributed by atoms with van der Waals surface area (Å²) >= 11 is 0. The van der Waals surface area contributed by atoms with Gasteiger partial charge in [-0.2, -0.15) is 0 Å². The molecule has 0 aliphatic heterocycles. The molecule has 60 heavy (non-hydrogen) atoms. The van der Waals surface area contributed by atoms with Gasteiger partial charge in [-0.05, 0) is 52.3 Å². The van der Waals surface area contributed by atoms with Gasteiger partial charge in [0.25, 0.3) is 0 Å². The number of phenols is 1. The molecule has 0 aliphatic carbocycles. The van der Waals surface area contributed by atoms with Crippen molar-refractivity contribution in [1.82, 2.24) is 37.2 Å². The largest absolute Gasteiger partial charge is 0.508 e. The van der Waals surface area contributed by atoms with Gasteiger partial charge in [-0.15, -0.1) is 0 Å². The highest BCUT2D eigenvalue weighted by Gasteiger charge is 2.38. The number of nitrogens with one attached hydrogen (secondary N) is 7. The van der Waals surface area contributed by atoms with Gasteiger partial charge >= 0.3 is 5.97 Å². The molecule has 1 unspecified atom stereocenters. The lowest BCUT2D eigenvalue weighted by molar-refractivity contribution is -0.145. The van der Waals surface area contributed by atoms with E-state index in [2.05, 4.69) is 37.2 Å². The molecule has 0 aromatic heterocycles. The average Bonchev–Trinajstić information content (AvgIpc) is 3.14. The van der Waals surface area contributed by atoms with Crippen LogP contribution in [0.1, 0.15) is 46.6 Å². The second-order valence-corrected chi connectivity index (χ2v) is 13.9. The maximum atomic E-state index is 13.6. The van der Waals surface area contributed by atoms with Crippen molar-refractivity contribution in [3.63, 3.8) is 0 Å². The van der Waals surface area contributed by atoms with Crippen LogP contribution in [-0.2, 0) is 49.6 Å². The summed E-state index contributed by atoms with van der Waals surface area (Å²) in [5.41, 5.74) is 11.1. The first-order valence-corrected chi connectivity index (χ1v) is 18.3. The van der Waals surface area contributed by atoms with Crippen LogP contribution in [-0.4, -0.2) is 168 Å². The molecule has 0 spiro atoms. The van der Waals surface area contributed by atoms with Crippen molar-refractivity contribution in [3.05, 3.63) is 29.8 Å². The Bertz CT molecular complexity index is 1690. The number of primary amides is 1. The number of rotatable bonds is 24. The van der Waals surface area contributed by atoms with Crippen LogP contribution in [0.15, 0.2) is 24.3 Å². The normalized spacial score (nSPS) is 17.1. The van der Waals surface area contributed by atoms with E-state index in [0.29, 0.717) is 5.56 Å². The third-order valence-electron chi connectivity index (χ3n) is 8.51. The number of carboxylic acid groups (broad SMARTS) is 1. The van der Waals surface area contributed by atoms with E-state index >= 15 is 0 Å². The number of carboxylic acids is 1. The van der Waals surface area contributed by atoms with Crippen molar-refractivity contribution in [2.45, 2.75) is 120 Å². The van der Waals surface area contributed by atoms with Gasteiger partial charge in [-0.25, -0.2) is 4.79 Å². The Balaban J connectivity index is 3.33. The fourth-order valence-corrected chi connectivity index (χ4v) is 5.12. The van der Waals surface area contributed by atoms with Crippen LogP contribution in [0.4, 0.5) is 0 Å². The Kier molecular flexibility index (Phi) is 21.0. The van der Waals surface area contributed by atoms with Crippen molar-refractivity contribution < 1.29 is 78.9 Å². The average molecular weight is 858 g/mol. The zero-order chi connectivity index (χ0) is 46.2. The van der Waals surface area contributed by atoms with Crippen molar-refractivity contribution >= 4 is 53.2 Å². The Morgan fingerprint density at radius 2 is 0.883 bits per heavy atom. The number of carbonyl (C=O) groups excluding carboxylic acids is 8. The summed E-state index contributed by atoms with van der Waals surface area (Å²) in [5.74, 6) is -11.3. The maximum absolute atomic E-state index is 13.6. The summed E-state index contributed by atoms with van der Waals surface area (Å²) < 4.78 is 0. The van der Waals surface area contributed by atoms with Crippen molar-refractivity contribution in [1.29, 1.82) is 0 Å². The van der Waals surface area contributed by atoms with Gasteiger partial charge in [0.2, 0.25) is 47.3 Å². The topological polar surface area (TPSA) is 431 Å². The number of aromatic hydroxyl groups is 1. The SMILES string of the molecule is C[C@@H](N)C(=O)N[C@@H](CO)C(=O)NC(C(=O)N[C@H](C(=O)N[C@H](C(=O)N[C@@H](CC(N)=O)C(=O)N[C@@H](Cc1ccc(O)cc1)C(=O)N[C@H](C(=O)O)[C@@H](C)O)[C@@H](C)O)[C@@H](C)O)[C@@H](C)O. The minimum atomic E-state index is -2.00. The van der Waals surface area contributed by atoms with Crippen molar-refractivity contribution in [3.8, 4) is 5.75 Å². The number of amides is 8. The first-order valence-electron chi connectivity index (χ1n) is 18.3. The Hall–Kier alpha value is -5.99. The monoisotopic (exact) mass is 857 g/mol. The number of hydrogen-bond acceptors (Lipinski definition) is 16. The van der Waals surface area contributed by atoms with Gasteiger partial charge in [0.05, 0.1) is 43.5 Å². The molecule has 25 nitrogen and oxygen atoms in total. The molecule has 336 valence electrons. The van der Waals surface area contributed by atoms with Crippen LogP contribution in [0.5, 0.6) is 5.75 Å². The number of nitrogens with two attached hydrogens (primary N) is 2. The van der Waals surface area contributed by atoms with Gasteiger partial charge in [0.15, 0.2) is 6.04 Å². The number of phenolic OH excluding ortho intramolecular Hbond substituents is 1. The molecule has 0 saturated carbocycles. The molecule has 0 radical (unpaired) electrons. The number of aliphatic hydroxyl groups excluding tert-OH is 5.